The van der Waals surface area contributed by atoms with Gasteiger partial charge in [0, 0.05) is 12.6 Å². The third-order valence-corrected chi connectivity index (χ3v) is 4.16. The van der Waals surface area contributed by atoms with Gasteiger partial charge in [0.2, 0.25) is 0 Å². The first-order valence-corrected chi connectivity index (χ1v) is 6.85. The molecule has 4 rings (SSSR count). The number of fused-ring (bicyclic) bond motifs is 1. The minimum atomic E-state index is -0.535. The number of nitrogens with one attached hydrogen (secondary N) is 1. The van der Waals surface area contributed by atoms with Crippen LogP contribution in [0.25, 0.3) is 0 Å². The molecule has 4 heteroatoms. The summed E-state index contributed by atoms with van der Waals surface area (Å²) in [6.07, 6.45) is 5.50. The van der Waals surface area contributed by atoms with E-state index in [1.165, 1.54) is 24.0 Å². The summed E-state index contributed by atoms with van der Waals surface area (Å²) in [4.78, 5) is 4.21. The molecule has 2 aromatic rings. The van der Waals surface area contributed by atoms with Gasteiger partial charge < -0.3 is 15.0 Å². The second-order valence-electron chi connectivity index (χ2n) is 5.46. The first-order valence-electron chi connectivity index (χ1n) is 6.85. The van der Waals surface area contributed by atoms with E-state index in [1.807, 2.05) is 18.5 Å². The van der Waals surface area contributed by atoms with Gasteiger partial charge in [-0.05, 0) is 24.0 Å². The zero-order valence-electron chi connectivity index (χ0n) is 10.7. The molecule has 0 saturated heterocycles. The van der Waals surface area contributed by atoms with E-state index in [0.717, 1.165) is 12.2 Å². The third kappa shape index (κ3) is 1.79. The Hall–Kier alpha value is -1.65. The molecule has 1 aliphatic carbocycles. The highest BCUT2D eigenvalue weighted by Gasteiger charge is 2.33. The minimum Gasteiger partial charge on any atom is -0.385 e. The lowest BCUT2D eigenvalue weighted by Crippen LogP contribution is -2.22. The molecule has 2 heterocycles. The van der Waals surface area contributed by atoms with Gasteiger partial charge in [0.05, 0.1) is 24.3 Å². The fourth-order valence-corrected chi connectivity index (χ4v) is 2.98. The van der Waals surface area contributed by atoms with Gasteiger partial charge in [-0.1, -0.05) is 24.3 Å². The van der Waals surface area contributed by atoms with Gasteiger partial charge in [-0.15, -0.1) is 0 Å². The lowest BCUT2D eigenvalue weighted by Gasteiger charge is -2.21. The zero-order chi connectivity index (χ0) is 12.8. The molecule has 1 aromatic carbocycles. The number of aliphatic hydroxyl groups is 1. The second-order valence-corrected chi connectivity index (χ2v) is 5.46. The van der Waals surface area contributed by atoms with Crippen molar-refractivity contribution in [3.63, 3.8) is 0 Å². The van der Waals surface area contributed by atoms with Crippen molar-refractivity contribution in [2.24, 2.45) is 0 Å². The molecule has 0 amide bonds. The zero-order valence-corrected chi connectivity index (χ0v) is 10.7. The van der Waals surface area contributed by atoms with Crippen molar-refractivity contribution in [2.75, 3.05) is 0 Å². The topological polar surface area (TPSA) is 50.1 Å². The van der Waals surface area contributed by atoms with E-state index in [0.29, 0.717) is 6.04 Å². The molecule has 1 aliphatic heterocycles. The van der Waals surface area contributed by atoms with E-state index in [9.17, 15) is 5.11 Å². The van der Waals surface area contributed by atoms with Crippen molar-refractivity contribution in [1.29, 1.82) is 0 Å². The van der Waals surface area contributed by atoms with Crippen LogP contribution in [-0.2, 0) is 6.54 Å². The third-order valence-electron chi connectivity index (χ3n) is 4.16. The van der Waals surface area contributed by atoms with Crippen LogP contribution in [0.2, 0.25) is 0 Å². The number of hydrogen-bond donors (Lipinski definition) is 2. The van der Waals surface area contributed by atoms with Crippen LogP contribution in [0.4, 0.5) is 0 Å². The quantitative estimate of drug-likeness (QED) is 0.883. The first kappa shape index (κ1) is 11.2. The van der Waals surface area contributed by atoms with E-state index in [4.69, 9.17) is 0 Å². The number of benzene rings is 1. The fourth-order valence-electron chi connectivity index (χ4n) is 2.98. The number of aromatic nitrogens is 2. The molecular formula is C15H17N3O. The molecule has 2 atom stereocenters. The average molecular weight is 255 g/mol. The van der Waals surface area contributed by atoms with Crippen LogP contribution >= 0.6 is 0 Å². The Morgan fingerprint density at radius 1 is 1.32 bits per heavy atom. The number of imidazole rings is 1. The molecule has 4 nitrogen and oxygen atoms in total. The van der Waals surface area contributed by atoms with Gasteiger partial charge in [0.1, 0.15) is 6.10 Å². The van der Waals surface area contributed by atoms with Crippen molar-refractivity contribution in [3.05, 3.63) is 53.6 Å². The summed E-state index contributed by atoms with van der Waals surface area (Å²) < 4.78 is 2.13. The molecule has 1 fully saturated rings. The van der Waals surface area contributed by atoms with E-state index in [-0.39, 0.29) is 6.04 Å². The summed E-state index contributed by atoms with van der Waals surface area (Å²) in [5.41, 5.74) is 3.42. The molecule has 98 valence electrons. The van der Waals surface area contributed by atoms with E-state index in [2.05, 4.69) is 27.0 Å². The Kier molecular flexibility index (Phi) is 2.47. The van der Waals surface area contributed by atoms with Crippen LogP contribution in [-0.4, -0.2) is 14.7 Å². The van der Waals surface area contributed by atoms with Crippen LogP contribution in [0, 0.1) is 0 Å². The van der Waals surface area contributed by atoms with Gasteiger partial charge in [0.25, 0.3) is 0 Å². The first-order chi connectivity index (χ1) is 9.34. The molecular weight excluding hydrogens is 238 g/mol. The Balaban J connectivity index is 1.68. The molecule has 0 spiro atoms. The van der Waals surface area contributed by atoms with Crippen molar-refractivity contribution in [1.82, 2.24) is 14.9 Å². The Morgan fingerprint density at radius 3 is 3.00 bits per heavy atom. The number of nitrogens with zero attached hydrogens (tertiary/aromatic N) is 2. The van der Waals surface area contributed by atoms with E-state index >= 15 is 0 Å². The fraction of sp³-hybridized carbons (Fsp3) is 0.400. The monoisotopic (exact) mass is 255 g/mol. The van der Waals surface area contributed by atoms with Crippen LogP contribution in [0.15, 0.2) is 36.8 Å². The molecule has 1 aromatic heterocycles. The van der Waals surface area contributed by atoms with Gasteiger partial charge in [-0.3, -0.25) is 0 Å². The summed E-state index contributed by atoms with van der Waals surface area (Å²) in [5, 5.41) is 14.1. The van der Waals surface area contributed by atoms with Crippen LogP contribution in [0.3, 0.4) is 0 Å². The lowest BCUT2D eigenvalue weighted by atomic mass is 9.99. The number of hydrogen-bond acceptors (Lipinski definition) is 3. The Bertz CT molecular complexity index is 603. The minimum absolute atomic E-state index is 0.0228. The summed E-state index contributed by atoms with van der Waals surface area (Å²) >= 11 is 0. The molecule has 1 saturated carbocycles. The van der Waals surface area contributed by atoms with E-state index in [1.54, 1.807) is 6.20 Å². The molecule has 0 bridgehead atoms. The molecule has 2 N–H and O–H groups in total. The highest BCUT2D eigenvalue weighted by atomic mass is 16.3. The number of rotatable bonds is 3. The van der Waals surface area contributed by atoms with Gasteiger partial charge in [0.15, 0.2) is 0 Å². The van der Waals surface area contributed by atoms with Crippen LogP contribution < -0.4 is 5.32 Å². The Morgan fingerprint density at radius 2 is 2.16 bits per heavy atom. The summed E-state index contributed by atoms with van der Waals surface area (Å²) in [6, 6.07) is 8.82. The van der Waals surface area contributed by atoms with Gasteiger partial charge in [-0.2, -0.15) is 0 Å². The van der Waals surface area contributed by atoms with Crippen molar-refractivity contribution in [2.45, 2.75) is 37.6 Å². The summed E-state index contributed by atoms with van der Waals surface area (Å²) in [5.74, 6) is 0. The highest BCUT2D eigenvalue weighted by Crippen LogP contribution is 2.40. The van der Waals surface area contributed by atoms with Gasteiger partial charge in [-0.25, -0.2) is 4.98 Å². The van der Waals surface area contributed by atoms with Crippen molar-refractivity contribution in [3.8, 4) is 0 Å². The summed E-state index contributed by atoms with van der Waals surface area (Å²) in [7, 11) is 0. The molecule has 19 heavy (non-hydrogen) atoms. The average Bonchev–Trinajstić information content (AvgIpc) is 3.03. The second kappa shape index (κ2) is 4.18. The predicted molar refractivity (Wildman–Crippen MR) is 71.5 cm³/mol. The maximum absolute atomic E-state index is 10.7. The standard InChI is InChI=1S/C15H17N3O/c19-15(13-8-16-9-18(13)11-5-6-11)14-12-4-2-1-3-10(12)7-17-14/h1-4,8-9,11,14-15,17,19H,5-7H2. The molecule has 2 aliphatic rings. The maximum Gasteiger partial charge on any atom is 0.115 e. The Labute approximate surface area is 112 Å². The van der Waals surface area contributed by atoms with Crippen molar-refractivity contribution >= 4 is 0 Å². The maximum atomic E-state index is 10.7. The van der Waals surface area contributed by atoms with E-state index < -0.39 is 6.10 Å². The summed E-state index contributed by atoms with van der Waals surface area (Å²) in [6.45, 7) is 0.829. The molecule has 0 radical (unpaired) electrons. The highest BCUT2D eigenvalue weighted by molar-refractivity contribution is 5.35. The lowest BCUT2D eigenvalue weighted by molar-refractivity contribution is 0.125. The number of aliphatic hydroxyl groups excluding tert-OH is 1. The van der Waals surface area contributed by atoms with Crippen LogP contribution in [0.5, 0.6) is 0 Å². The van der Waals surface area contributed by atoms with Crippen molar-refractivity contribution < 1.29 is 5.11 Å². The van der Waals surface area contributed by atoms with Gasteiger partial charge >= 0.3 is 0 Å². The molecule has 2 unspecified atom stereocenters. The smallest absolute Gasteiger partial charge is 0.115 e. The normalized spacial score (nSPS) is 23.3. The largest absolute Gasteiger partial charge is 0.385 e. The predicted octanol–water partition coefficient (Wildman–Crippen LogP) is 2.10. The SMILES string of the molecule is OC(c1cncn1C1CC1)C1NCc2ccccc21. The van der Waals surface area contributed by atoms with Crippen LogP contribution in [0.1, 0.15) is 47.9 Å².